The van der Waals surface area contributed by atoms with Crippen LogP contribution in [0.3, 0.4) is 0 Å². The van der Waals surface area contributed by atoms with Crippen molar-refractivity contribution in [1.82, 2.24) is 0 Å². The maximum Gasteiger partial charge on any atom is 0.0869 e. The second-order valence-electron chi connectivity index (χ2n) is 4.80. The zero-order chi connectivity index (χ0) is 15.2. The molecule has 3 rings (SSSR count). The van der Waals surface area contributed by atoms with Crippen molar-refractivity contribution >= 4 is 34.0 Å². The first kappa shape index (κ1) is 14.7. The Labute approximate surface area is 143 Å². The average molecular weight is 396 g/mol. The zero-order valence-corrected chi connectivity index (χ0v) is 14.0. The van der Waals surface area contributed by atoms with Gasteiger partial charge in [-0.15, -0.1) is 0 Å². The summed E-state index contributed by atoms with van der Waals surface area (Å²) in [6, 6.07) is 15.8. The first-order valence-corrected chi connectivity index (χ1v) is 8.02. The van der Waals surface area contributed by atoms with Crippen molar-refractivity contribution < 1.29 is 0 Å². The van der Waals surface area contributed by atoms with Crippen molar-refractivity contribution in [3.05, 3.63) is 81.5 Å². The van der Waals surface area contributed by atoms with Gasteiger partial charge in [0.2, 0.25) is 0 Å². The molecule has 0 bridgehead atoms. The number of azo groups is 1. The van der Waals surface area contributed by atoms with Crippen LogP contribution in [0.1, 0.15) is 12.0 Å². The van der Waals surface area contributed by atoms with Gasteiger partial charge in [0, 0.05) is 14.7 Å². The smallest absolute Gasteiger partial charge is 0.0869 e. The number of allylic oxidation sites excluding steroid dienone is 4. The van der Waals surface area contributed by atoms with E-state index in [1.54, 1.807) is 0 Å². The van der Waals surface area contributed by atoms with Gasteiger partial charge in [-0.25, -0.2) is 0 Å². The lowest BCUT2D eigenvalue weighted by Gasteiger charge is -1.95. The van der Waals surface area contributed by atoms with E-state index >= 15 is 0 Å². The highest BCUT2D eigenvalue weighted by molar-refractivity contribution is 14.1. The summed E-state index contributed by atoms with van der Waals surface area (Å²) < 4.78 is 1.18. The van der Waals surface area contributed by atoms with Crippen LogP contribution < -0.4 is 0 Å². The number of halogens is 1. The van der Waals surface area contributed by atoms with Crippen LogP contribution in [0.4, 0.5) is 11.4 Å². The van der Waals surface area contributed by atoms with Gasteiger partial charge in [0.15, 0.2) is 0 Å². The molecule has 0 N–H and O–H groups in total. The highest BCUT2D eigenvalue weighted by atomic mass is 127. The van der Waals surface area contributed by atoms with E-state index < -0.39 is 0 Å². The van der Waals surface area contributed by atoms with Gasteiger partial charge in [0.25, 0.3) is 0 Å². The van der Waals surface area contributed by atoms with Gasteiger partial charge in [-0.2, -0.15) is 10.2 Å². The summed E-state index contributed by atoms with van der Waals surface area (Å²) in [5.41, 5.74) is 3.75. The second-order valence-corrected chi connectivity index (χ2v) is 6.05. The third kappa shape index (κ3) is 4.15. The number of hydrogen-bond donors (Lipinski definition) is 0. The predicted octanol–water partition coefficient (Wildman–Crippen LogP) is 5.94. The van der Waals surface area contributed by atoms with E-state index in [0.717, 1.165) is 28.9 Å². The lowest BCUT2D eigenvalue weighted by Crippen LogP contribution is -1.75. The van der Waals surface area contributed by atoms with Crippen LogP contribution in [0.15, 0.2) is 82.6 Å². The first-order valence-electron chi connectivity index (χ1n) is 6.95. The molecule has 22 heavy (non-hydrogen) atoms. The molecule has 0 unspecified atom stereocenters. The highest BCUT2D eigenvalue weighted by Gasteiger charge is 1.95. The van der Waals surface area contributed by atoms with E-state index in [2.05, 4.69) is 50.7 Å². The molecule has 2 aromatic carbocycles. The quantitative estimate of drug-likeness (QED) is 0.341. The minimum Gasteiger partial charge on any atom is -0.151 e. The maximum absolute atomic E-state index is 4.27. The Bertz CT molecular complexity index is 819. The van der Waals surface area contributed by atoms with Crippen molar-refractivity contribution in [2.24, 2.45) is 10.2 Å². The third-order valence-electron chi connectivity index (χ3n) is 3.09. The van der Waals surface area contributed by atoms with Gasteiger partial charge in [0.1, 0.15) is 0 Å². The molecule has 1 aliphatic rings. The molecule has 0 aromatic heterocycles. The molecule has 0 aliphatic heterocycles. The molecular formula is C19H13IN2. The molecule has 0 atom stereocenters. The van der Waals surface area contributed by atoms with Crippen LogP contribution in [0.5, 0.6) is 0 Å². The fourth-order valence-electron chi connectivity index (χ4n) is 1.96. The van der Waals surface area contributed by atoms with Gasteiger partial charge in [0.05, 0.1) is 11.4 Å². The van der Waals surface area contributed by atoms with Crippen LogP contribution in [0.25, 0.3) is 0 Å². The van der Waals surface area contributed by atoms with E-state index in [9.17, 15) is 0 Å². The van der Waals surface area contributed by atoms with Crippen LogP contribution in [-0.4, -0.2) is 0 Å². The maximum atomic E-state index is 4.27. The summed E-state index contributed by atoms with van der Waals surface area (Å²) in [6.45, 7) is 0. The van der Waals surface area contributed by atoms with Gasteiger partial charge in [-0.1, -0.05) is 36.1 Å². The van der Waals surface area contributed by atoms with E-state index in [1.807, 2.05) is 60.7 Å². The molecule has 0 fully saturated rings. The van der Waals surface area contributed by atoms with Gasteiger partial charge in [-0.05, 0) is 71.5 Å². The summed E-state index contributed by atoms with van der Waals surface area (Å²) >= 11 is 2.27. The Morgan fingerprint density at radius 1 is 0.909 bits per heavy atom. The zero-order valence-electron chi connectivity index (χ0n) is 11.8. The number of nitrogens with zero attached hydrogens (tertiary/aromatic N) is 2. The molecule has 1 aliphatic carbocycles. The molecular weight excluding hydrogens is 383 g/mol. The molecule has 0 heterocycles. The fourth-order valence-corrected chi connectivity index (χ4v) is 2.32. The summed E-state index contributed by atoms with van der Waals surface area (Å²) in [4.78, 5) is 0. The number of hydrogen-bond acceptors (Lipinski definition) is 2. The largest absolute Gasteiger partial charge is 0.151 e. The van der Waals surface area contributed by atoms with E-state index in [1.165, 1.54) is 3.57 Å². The Morgan fingerprint density at radius 3 is 2.50 bits per heavy atom. The normalized spacial score (nSPS) is 13.0. The van der Waals surface area contributed by atoms with Crippen LogP contribution >= 0.6 is 22.6 Å². The van der Waals surface area contributed by atoms with E-state index in [4.69, 9.17) is 0 Å². The highest BCUT2D eigenvalue weighted by Crippen LogP contribution is 2.20. The number of rotatable bonds is 2. The Morgan fingerprint density at radius 2 is 1.73 bits per heavy atom. The van der Waals surface area contributed by atoms with E-state index in [0.29, 0.717) is 0 Å². The minimum absolute atomic E-state index is 0.809. The summed E-state index contributed by atoms with van der Waals surface area (Å²) in [7, 11) is 0. The Balaban J connectivity index is 1.74. The SMILES string of the molecule is Ic1ccc(N=Nc2cccc(C#CC3=CC=CC3)c2)cc1. The van der Waals surface area contributed by atoms with Crippen molar-refractivity contribution in [3.8, 4) is 11.8 Å². The summed E-state index contributed by atoms with van der Waals surface area (Å²) in [6.07, 6.45) is 7.12. The molecule has 0 saturated carbocycles. The number of benzene rings is 2. The van der Waals surface area contributed by atoms with Gasteiger partial charge < -0.3 is 0 Å². The molecule has 0 radical (unpaired) electrons. The molecule has 2 aromatic rings. The molecule has 3 heteroatoms. The van der Waals surface area contributed by atoms with Crippen molar-refractivity contribution in [1.29, 1.82) is 0 Å². The predicted molar refractivity (Wildman–Crippen MR) is 98.5 cm³/mol. The molecule has 0 amide bonds. The standard InChI is InChI=1S/C19H13IN2/c20-17-10-12-18(13-11-17)21-22-19-7-3-6-16(14-19)9-8-15-4-1-2-5-15/h1-4,6-7,10-14H,5H2. The summed E-state index contributed by atoms with van der Waals surface area (Å²) in [5.74, 6) is 6.35. The lowest BCUT2D eigenvalue weighted by atomic mass is 10.2. The van der Waals surface area contributed by atoms with E-state index in [-0.39, 0.29) is 0 Å². The Hall–Kier alpha value is -2.19. The van der Waals surface area contributed by atoms with Crippen molar-refractivity contribution in [2.75, 3.05) is 0 Å². The fraction of sp³-hybridized carbons (Fsp3) is 0.0526. The second kappa shape index (κ2) is 7.19. The topological polar surface area (TPSA) is 24.7 Å². The molecule has 0 spiro atoms. The Kier molecular flexibility index (Phi) is 4.81. The molecule has 2 nitrogen and oxygen atoms in total. The molecule has 0 saturated heterocycles. The van der Waals surface area contributed by atoms with Crippen molar-refractivity contribution in [3.63, 3.8) is 0 Å². The lowest BCUT2D eigenvalue weighted by molar-refractivity contribution is 1.23. The summed E-state index contributed by atoms with van der Waals surface area (Å²) in [5, 5.41) is 8.52. The molecule has 106 valence electrons. The van der Waals surface area contributed by atoms with Crippen LogP contribution in [-0.2, 0) is 0 Å². The van der Waals surface area contributed by atoms with Gasteiger partial charge in [-0.3, -0.25) is 0 Å². The van der Waals surface area contributed by atoms with Crippen molar-refractivity contribution in [2.45, 2.75) is 6.42 Å². The van der Waals surface area contributed by atoms with Crippen LogP contribution in [0.2, 0.25) is 0 Å². The minimum atomic E-state index is 0.809. The average Bonchev–Trinajstić information content (AvgIpc) is 3.06. The van der Waals surface area contributed by atoms with Gasteiger partial charge >= 0.3 is 0 Å². The first-order chi connectivity index (χ1) is 10.8. The third-order valence-corrected chi connectivity index (χ3v) is 3.81. The van der Waals surface area contributed by atoms with Crippen LogP contribution in [0, 0.1) is 15.4 Å². The monoisotopic (exact) mass is 396 g/mol.